The standard InChI is InChI=1S/C12H15N5O2S/c13-17-12-11(5-3-8-15-12)20(18,19)16-9-6-10-4-1-2-7-14-10/h1-5,7-8,16H,6,9,13H2,(H,15,17). The fourth-order valence-electron chi connectivity index (χ4n) is 1.65. The third kappa shape index (κ3) is 3.50. The lowest BCUT2D eigenvalue weighted by Crippen LogP contribution is -2.27. The van der Waals surface area contributed by atoms with Crippen LogP contribution in [0, 0.1) is 0 Å². The van der Waals surface area contributed by atoms with Gasteiger partial charge in [-0.05, 0) is 24.3 Å². The van der Waals surface area contributed by atoms with E-state index in [-0.39, 0.29) is 17.3 Å². The molecule has 0 saturated carbocycles. The zero-order chi connectivity index (χ0) is 14.4. The molecule has 2 rings (SSSR count). The molecule has 2 aromatic heterocycles. The van der Waals surface area contributed by atoms with E-state index in [9.17, 15) is 8.42 Å². The van der Waals surface area contributed by atoms with E-state index < -0.39 is 10.0 Å². The van der Waals surface area contributed by atoms with Crippen molar-refractivity contribution in [1.29, 1.82) is 0 Å². The van der Waals surface area contributed by atoms with Gasteiger partial charge in [0.25, 0.3) is 0 Å². The zero-order valence-corrected chi connectivity index (χ0v) is 11.5. The van der Waals surface area contributed by atoms with E-state index in [1.807, 2.05) is 18.2 Å². The molecule has 106 valence electrons. The maximum Gasteiger partial charge on any atom is 0.244 e. The number of hydrogen-bond acceptors (Lipinski definition) is 6. The highest BCUT2D eigenvalue weighted by Crippen LogP contribution is 2.16. The number of aromatic nitrogens is 2. The Labute approximate surface area is 117 Å². The summed E-state index contributed by atoms with van der Waals surface area (Å²) >= 11 is 0. The van der Waals surface area contributed by atoms with Gasteiger partial charge in [-0.2, -0.15) is 0 Å². The molecule has 20 heavy (non-hydrogen) atoms. The first-order valence-electron chi connectivity index (χ1n) is 5.94. The van der Waals surface area contributed by atoms with Crippen molar-refractivity contribution in [3.63, 3.8) is 0 Å². The van der Waals surface area contributed by atoms with E-state index in [0.717, 1.165) is 5.69 Å². The van der Waals surface area contributed by atoms with Gasteiger partial charge in [0, 0.05) is 31.1 Å². The van der Waals surface area contributed by atoms with E-state index in [2.05, 4.69) is 20.1 Å². The highest BCUT2D eigenvalue weighted by atomic mass is 32.2. The minimum Gasteiger partial charge on any atom is -0.307 e. The normalized spacial score (nSPS) is 11.2. The minimum absolute atomic E-state index is 0.0171. The third-order valence-corrected chi connectivity index (χ3v) is 4.09. The van der Waals surface area contributed by atoms with Gasteiger partial charge in [-0.15, -0.1) is 0 Å². The Morgan fingerprint density at radius 2 is 1.90 bits per heavy atom. The molecule has 0 bridgehead atoms. The summed E-state index contributed by atoms with van der Waals surface area (Å²) in [7, 11) is -3.66. The smallest absolute Gasteiger partial charge is 0.244 e. The lowest BCUT2D eigenvalue weighted by Gasteiger charge is -2.09. The number of pyridine rings is 2. The molecule has 2 heterocycles. The fourth-order valence-corrected chi connectivity index (χ4v) is 2.80. The van der Waals surface area contributed by atoms with Crippen LogP contribution in [-0.4, -0.2) is 24.9 Å². The Balaban J connectivity index is 2.04. The van der Waals surface area contributed by atoms with Crippen molar-refractivity contribution >= 4 is 15.8 Å². The molecule has 0 unspecified atom stereocenters. The van der Waals surface area contributed by atoms with Gasteiger partial charge in [0.1, 0.15) is 4.90 Å². The fraction of sp³-hybridized carbons (Fsp3) is 0.167. The SMILES string of the molecule is NNc1ncccc1S(=O)(=O)NCCc1ccccn1. The molecule has 0 spiro atoms. The van der Waals surface area contributed by atoms with Crippen LogP contribution in [0.15, 0.2) is 47.6 Å². The van der Waals surface area contributed by atoms with Gasteiger partial charge in [-0.3, -0.25) is 4.98 Å². The Bertz CT molecular complexity index is 661. The highest BCUT2D eigenvalue weighted by molar-refractivity contribution is 7.89. The van der Waals surface area contributed by atoms with Gasteiger partial charge < -0.3 is 5.43 Å². The second kappa shape index (κ2) is 6.42. The van der Waals surface area contributed by atoms with Gasteiger partial charge in [0.05, 0.1) is 0 Å². The van der Waals surface area contributed by atoms with Crippen LogP contribution in [0.4, 0.5) is 5.82 Å². The van der Waals surface area contributed by atoms with E-state index in [1.165, 1.54) is 18.3 Å². The van der Waals surface area contributed by atoms with Crippen molar-refractivity contribution in [1.82, 2.24) is 14.7 Å². The number of rotatable bonds is 6. The van der Waals surface area contributed by atoms with Crippen LogP contribution >= 0.6 is 0 Å². The first-order valence-corrected chi connectivity index (χ1v) is 7.43. The first-order chi connectivity index (χ1) is 9.63. The van der Waals surface area contributed by atoms with E-state index >= 15 is 0 Å². The second-order valence-corrected chi connectivity index (χ2v) is 5.70. The van der Waals surface area contributed by atoms with Crippen molar-refractivity contribution in [2.75, 3.05) is 12.0 Å². The van der Waals surface area contributed by atoms with Crippen LogP contribution in [0.2, 0.25) is 0 Å². The number of nitrogens with two attached hydrogens (primary N) is 1. The molecule has 0 atom stereocenters. The topological polar surface area (TPSA) is 110 Å². The Kier molecular flexibility index (Phi) is 4.61. The Morgan fingerprint density at radius 3 is 2.60 bits per heavy atom. The van der Waals surface area contributed by atoms with Crippen molar-refractivity contribution in [2.24, 2.45) is 5.84 Å². The summed E-state index contributed by atoms with van der Waals surface area (Å²) < 4.78 is 26.8. The number of nitrogen functional groups attached to an aromatic ring is 1. The molecular formula is C12H15N5O2S. The Hall–Kier alpha value is -2.03. The summed E-state index contributed by atoms with van der Waals surface area (Å²) in [5.41, 5.74) is 3.09. The summed E-state index contributed by atoms with van der Waals surface area (Å²) in [6.07, 6.45) is 3.63. The zero-order valence-electron chi connectivity index (χ0n) is 10.7. The lowest BCUT2D eigenvalue weighted by molar-refractivity contribution is 0.581. The molecule has 2 aromatic rings. The minimum atomic E-state index is -3.66. The van der Waals surface area contributed by atoms with Crippen LogP contribution in [0.25, 0.3) is 0 Å². The van der Waals surface area contributed by atoms with Crippen LogP contribution < -0.4 is 16.0 Å². The molecule has 0 aliphatic heterocycles. The highest BCUT2D eigenvalue weighted by Gasteiger charge is 2.18. The lowest BCUT2D eigenvalue weighted by atomic mass is 10.3. The first kappa shape index (κ1) is 14.4. The summed E-state index contributed by atoms with van der Waals surface area (Å²) in [6, 6.07) is 8.47. The van der Waals surface area contributed by atoms with E-state index in [1.54, 1.807) is 6.20 Å². The molecule has 0 fully saturated rings. The molecule has 0 aliphatic carbocycles. The van der Waals surface area contributed by atoms with Gasteiger partial charge in [-0.1, -0.05) is 6.07 Å². The second-order valence-electron chi connectivity index (χ2n) is 3.96. The Morgan fingerprint density at radius 1 is 1.10 bits per heavy atom. The number of nitrogens with zero attached hydrogens (tertiary/aromatic N) is 2. The summed E-state index contributed by atoms with van der Waals surface area (Å²) in [4.78, 5) is 8.00. The van der Waals surface area contributed by atoms with Crippen molar-refractivity contribution in [2.45, 2.75) is 11.3 Å². The van der Waals surface area contributed by atoms with Crippen LogP contribution in [-0.2, 0) is 16.4 Å². The molecule has 0 radical (unpaired) electrons. The third-order valence-electron chi connectivity index (χ3n) is 2.60. The average molecular weight is 293 g/mol. The molecule has 0 aromatic carbocycles. The molecule has 4 N–H and O–H groups in total. The number of hydrogen-bond donors (Lipinski definition) is 3. The number of nitrogens with one attached hydrogen (secondary N) is 2. The number of hydrazine groups is 1. The number of anilines is 1. The molecule has 0 aliphatic rings. The maximum atomic E-state index is 12.1. The monoisotopic (exact) mass is 293 g/mol. The van der Waals surface area contributed by atoms with Gasteiger partial charge in [0.2, 0.25) is 10.0 Å². The predicted octanol–water partition coefficient (Wildman–Crippen LogP) is 0.283. The molecule has 0 amide bonds. The summed E-state index contributed by atoms with van der Waals surface area (Å²) in [6.45, 7) is 0.248. The predicted molar refractivity (Wildman–Crippen MR) is 75.2 cm³/mol. The number of sulfonamides is 1. The van der Waals surface area contributed by atoms with Crippen molar-refractivity contribution in [3.8, 4) is 0 Å². The van der Waals surface area contributed by atoms with Gasteiger partial charge in [-0.25, -0.2) is 24.0 Å². The van der Waals surface area contributed by atoms with E-state index in [4.69, 9.17) is 5.84 Å². The maximum absolute atomic E-state index is 12.1. The summed E-state index contributed by atoms with van der Waals surface area (Å²) in [5.74, 6) is 5.36. The van der Waals surface area contributed by atoms with Crippen LogP contribution in [0.5, 0.6) is 0 Å². The molecule has 8 heteroatoms. The molecule has 7 nitrogen and oxygen atoms in total. The van der Waals surface area contributed by atoms with E-state index in [0.29, 0.717) is 6.42 Å². The average Bonchev–Trinajstić information content (AvgIpc) is 2.48. The van der Waals surface area contributed by atoms with Gasteiger partial charge in [0.15, 0.2) is 5.82 Å². The molecular weight excluding hydrogens is 278 g/mol. The largest absolute Gasteiger partial charge is 0.307 e. The van der Waals surface area contributed by atoms with Crippen LogP contribution in [0.1, 0.15) is 5.69 Å². The van der Waals surface area contributed by atoms with Crippen molar-refractivity contribution in [3.05, 3.63) is 48.4 Å². The van der Waals surface area contributed by atoms with Crippen molar-refractivity contribution < 1.29 is 8.42 Å². The van der Waals surface area contributed by atoms with Gasteiger partial charge >= 0.3 is 0 Å². The molecule has 0 saturated heterocycles. The summed E-state index contributed by atoms with van der Waals surface area (Å²) in [5, 5.41) is 0. The van der Waals surface area contributed by atoms with Crippen LogP contribution in [0.3, 0.4) is 0 Å². The quantitative estimate of drug-likeness (QED) is 0.521.